The van der Waals surface area contributed by atoms with Gasteiger partial charge in [0.25, 0.3) is 12.3 Å². The molecule has 2 aromatic rings. The number of nitrogens with zero attached hydrogens (tertiary/aromatic N) is 2. The van der Waals surface area contributed by atoms with Crippen LogP contribution in [0.2, 0.25) is 0 Å². The van der Waals surface area contributed by atoms with Crippen LogP contribution in [-0.4, -0.2) is 34.9 Å². The highest BCUT2D eigenvalue weighted by Crippen LogP contribution is 2.26. The van der Waals surface area contributed by atoms with Crippen molar-refractivity contribution >= 4 is 5.69 Å². The van der Waals surface area contributed by atoms with Gasteiger partial charge in [0, 0.05) is 12.0 Å². The average molecular weight is 285 g/mol. The number of nitrogens with two attached hydrogens (primary N) is 1. The summed E-state index contributed by atoms with van der Waals surface area (Å²) in [6.45, 7) is -0.535. The Labute approximate surface area is 113 Å². The Morgan fingerprint density at radius 3 is 2.90 bits per heavy atom. The summed E-state index contributed by atoms with van der Waals surface area (Å²) < 4.78 is 33.4. The Morgan fingerprint density at radius 1 is 1.40 bits per heavy atom. The number of halogens is 2. The molecule has 108 valence electrons. The third kappa shape index (κ3) is 3.64. The first-order chi connectivity index (χ1) is 9.56. The number of phenolic OH excluding ortho intramolecular Hbond substituents is 1. The molecule has 2 rings (SSSR count). The SMILES string of the molecule is Nc1ccc(-c2nc(CCOCC(F)F)no2)cc1O. The Kier molecular flexibility index (Phi) is 4.46. The zero-order valence-corrected chi connectivity index (χ0v) is 10.4. The second-order valence-corrected chi connectivity index (χ2v) is 4.01. The normalized spacial score (nSPS) is 11.2. The van der Waals surface area contributed by atoms with E-state index in [0.717, 1.165) is 0 Å². The largest absolute Gasteiger partial charge is 0.506 e. The van der Waals surface area contributed by atoms with Gasteiger partial charge in [0.1, 0.15) is 12.4 Å². The smallest absolute Gasteiger partial charge is 0.261 e. The lowest BCUT2D eigenvalue weighted by atomic mass is 10.2. The van der Waals surface area contributed by atoms with Crippen molar-refractivity contribution in [2.75, 3.05) is 18.9 Å². The molecule has 0 saturated carbocycles. The van der Waals surface area contributed by atoms with Crippen molar-refractivity contribution in [2.45, 2.75) is 12.8 Å². The summed E-state index contributed by atoms with van der Waals surface area (Å²) in [4.78, 5) is 4.07. The summed E-state index contributed by atoms with van der Waals surface area (Å²) in [6.07, 6.45) is -2.23. The van der Waals surface area contributed by atoms with Crippen LogP contribution in [0.1, 0.15) is 5.82 Å². The molecule has 0 unspecified atom stereocenters. The predicted molar refractivity (Wildman–Crippen MR) is 66.3 cm³/mol. The molecular weight excluding hydrogens is 272 g/mol. The maximum atomic E-state index is 11.8. The van der Waals surface area contributed by atoms with E-state index in [1.54, 1.807) is 6.07 Å². The molecule has 0 fully saturated rings. The van der Waals surface area contributed by atoms with Gasteiger partial charge >= 0.3 is 0 Å². The Balaban J connectivity index is 1.96. The van der Waals surface area contributed by atoms with Crippen LogP contribution in [0, 0.1) is 0 Å². The van der Waals surface area contributed by atoms with Crippen LogP contribution in [-0.2, 0) is 11.2 Å². The van der Waals surface area contributed by atoms with E-state index in [-0.39, 0.29) is 30.4 Å². The van der Waals surface area contributed by atoms with Gasteiger partial charge in [0.2, 0.25) is 0 Å². The van der Waals surface area contributed by atoms with Gasteiger partial charge in [-0.25, -0.2) is 8.78 Å². The molecule has 0 aliphatic rings. The summed E-state index contributed by atoms with van der Waals surface area (Å²) >= 11 is 0. The van der Waals surface area contributed by atoms with E-state index in [9.17, 15) is 13.9 Å². The monoisotopic (exact) mass is 285 g/mol. The fourth-order valence-electron chi connectivity index (χ4n) is 1.49. The number of aromatic nitrogens is 2. The molecular formula is C12H13F2N3O3. The van der Waals surface area contributed by atoms with Gasteiger partial charge in [0.05, 0.1) is 12.3 Å². The van der Waals surface area contributed by atoms with Crippen molar-refractivity contribution in [3.63, 3.8) is 0 Å². The van der Waals surface area contributed by atoms with Crippen molar-refractivity contribution in [2.24, 2.45) is 0 Å². The minimum Gasteiger partial charge on any atom is -0.506 e. The van der Waals surface area contributed by atoms with Crippen molar-refractivity contribution in [1.29, 1.82) is 0 Å². The quantitative estimate of drug-likeness (QED) is 0.478. The lowest BCUT2D eigenvalue weighted by molar-refractivity contribution is 0.0182. The zero-order chi connectivity index (χ0) is 14.5. The number of alkyl halides is 2. The number of rotatable bonds is 6. The number of benzene rings is 1. The van der Waals surface area contributed by atoms with Crippen LogP contribution in [0.25, 0.3) is 11.5 Å². The number of anilines is 1. The summed E-state index contributed by atoms with van der Waals surface area (Å²) in [5, 5.41) is 13.2. The molecule has 0 saturated heterocycles. The number of hydrogen-bond donors (Lipinski definition) is 2. The molecule has 0 amide bonds. The first kappa shape index (κ1) is 14.2. The molecule has 0 bridgehead atoms. The fourth-order valence-corrected chi connectivity index (χ4v) is 1.49. The van der Waals surface area contributed by atoms with E-state index in [1.807, 2.05) is 0 Å². The minimum atomic E-state index is -2.49. The average Bonchev–Trinajstić information content (AvgIpc) is 2.86. The molecule has 20 heavy (non-hydrogen) atoms. The molecule has 1 aromatic heterocycles. The van der Waals surface area contributed by atoms with Gasteiger partial charge in [0.15, 0.2) is 5.82 Å². The summed E-state index contributed by atoms with van der Waals surface area (Å²) in [6, 6.07) is 4.54. The standard InChI is InChI=1S/C12H13F2N3O3/c13-10(14)6-19-4-3-11-16-12(20-17-11)7-1-2-8(15)9(18)5-7/h1-2,5,10,18H,3-4,6,15H2. The van der Waals surface area contributed by atoms with Crippen LogP contribution in [0.5, 0.6) is 5.75 Å². The predicted octanol–water partition coefficient (Wildman–Crippen LogP) is 1.85. The van der Waals surface area contributed by atoms with E-state index in [4.69, 9.17) is 15.0 Å². The van der Waals surface area contributed by atoms with Crippen molar-refractivity contribution < 1.29 is 23.1 Å². The van der Waals surface area contributed by atoms with Crippen LogP contribution >= 0.6 is 0 Å². The number of hydrogen-bond acceptors (Lipinski definition) is 6. The molecule has 6 nitrogen and oxygen atoms in total. The van der Waals surface area contributed by atoms with Gasteiger partial charge in [-0.1, -0.05) is 5.16 Å². The van der Waals surface area contributed by atoms with Crippen molar-refractivity contribution in [3.8, 4) is 17.2 Å². The maximum absolute atomic E-state index is 11.8. The number of ether oxygens (including phenoxy) is 1. The number of aromatic hydroxyl groups is 1. The first-order valence-corrected chi connectivity index (χ1v) is 5.83. The minimum absolute atomic E-state index is 0.0797. The van der Waals surface area contributed by atoms with Crippen LogP contribution in [0.3, 0.4) is 0 Å². The van der Waals surface area contributed by atoms with Gasteiger partial charge < -0.3 is 20.1 Å². The molecule has 0 atom stereocenters. The van der Waals surface area contributed by atoms with E-state index in [0.29, 0.717) is 11.4 Å². The lowest BCUT2D eigenvalue weighted by Crippen LogP contribution is -2.07. The van der Waals surface area contributed by atoms with Gasteiger partial charge in [-0.2, -0.15) is 4.98 Å². The van der Waals surface area contributed by atoms with Crippen LogP contribution in [0.15, 0.2) is 22.7 Å². The molecule has 8 heteroatoms. The lowest BCUT2D eigenvalue weighted by Gasteiger charge is -2.00. The summed E-state index contributed by atoms with van der Waals surface area (Å²) in [5.41, 5.74) is 6.24. The van der Waals surface area contributed by atoms with Crippen molar-refractivity contribution in [1.82, 2.24) is 10.1 Å². The second-order valence-electron chi connectivity index (χ2n) is 4.01. The van der Waals surface area contributed by atoms with Gasteiger partial charge in [-0.05, 0) is 18.2 Å². The van der Waals surface area contributed by atoms with E-state index >= 15 is 0 Å². The third-order valence-electron chi connectivity index (χ3n) is 2.46. The van der Waals surface area contributed by atoms with Crippen LogP contribution in [0.4, 0.5) is 14.5 Å². The highest BCUT2D eigenvalue weighted by molar-refractivity contribution is 5.63. The fraction of sp³-hybridized carbons (Fsp3) is 0.333. The summed E-state index contributed by atoms with van der Waals surface area (Å²) in [7, 11) is 0. The Bertz CT molecular complexity index is 575. The van der Waals surface area contributed by atoms with E-state index in [1.165, 1.54) is 12.1 Å². The Morgan fingerprint density at radius 2 is 2.20 bits per heavy atom. The van der Waals surface area contributed by atoms with E-state index < -0.39 is 13.0 Å². The highest BCUT2D eigenvalue weighted by atomic mass is 19.3. The first-order valence-electron chi connectivity index (χ1n) is 5.83. The van der Waals surface area contributed by atoms with Gasteiger partial charge in [-0.15, -0.1) is 0 Å². The second kappa shape index (κ2) is 6.29. The molecule has 1 aromatic carbocycles. The molecule has 0 radical (unpaired) electrons. The highest BCUT2D eigenvalue weighted by Gasteiger charge is 2.11. The molecule has 1 heterocycles. The van der Waals surface area contributed by atoms with Crippen LogP contribution < -0.4 is 5.73 Å². The molecule has 0 spiro atoms. The third-order valence-corrected chi connectivity index (χ3v) is 2.46. The molecule has 3 N–H and O–H groups in total. The number of nitrogen functional groups attached to an aromatic ring is 1. The molecule has 0 aliphatic carbocycles. The number of phenols is 1. The van der Waals surface area contributed by atoms with Gasteiger partial charge in [-0.3, -0.25) is 0 Å². The summed E-state index contributed by atoms with van der Waals surface area (Å²) in [5.74, 6) is 0.470. The zero-order valence-electron chi connectivity index (χ0n) is 10.4. The molecule has 0 aliphatic heterocycles. The maximum Gasteiger partial charge on any atom is 0.261 e. The van der Waals surface area contributed by atoms with E-state index in [2.05, 4.69) is 10.1 Å². The Hall–Kier alpha value is -2.22. The van der Waals surface area contributed by atoms with Crippen molar-refractivity contribution in [3.05, 3.63) is 24.0 Å². The topological polar surface area (TPSA) is 94.4 Å².